The van der Waals surface area contributed by atoms with E-state index in [0.717, 1.165) is 9.13 Å². The van der Waals surface area contributed by atoms with Crippen molar-refractivity contribution in [3.05, 3.63) is 62.7 Å². The van der Waals surface area contributed by atoms with Crippen LogP contribution in [0.5, 0.6) is 5.75 Å². The van der Waals surface area contributed by atoms with Crippen molar-refractivity contribution in [2.24, 2.45) is 0 Å². The minimum atomic E-state index is -0.400. The lowest BCUT2D eigenvalue weighted by Crippen LogP contribution is -2.09. The van der Waals surface area contributed by atoms with E-state index in [1.54, 1.807) is 36.4 Å². The van der Waals surface area contributed by atoms with E-state index in [1.807, 2.05) is 19.9 Å². The van der Waals surface area contributed by atoms with Gasteiger partial charge in [-0.05, 0) is 71.5 Å². The normalized spacial score (nSPS) is 10.2. The number of aryl methyl sites for hydroxylation is 1. The molecule has 0 saturated carbocycles. The number of carbonyl (C=O) groups is 2. The molecule has 0 aliphatic carbocycles. The van der Waals surface area contributed by atoms with Crippen LogP contribution < -0.4 is 4.74 Å². The average Bonchev–Trinajstić information content (AvgIpc) is 2.50. The monoisotopic (exact) mass is 394 g/mol. The highest BCUT2D eigenvalue weighted by molar-refractivity contribution is 14.1. The summed E-state index contributed by atoms with van der Waals surface area (Å²) in [6.45, 7) is 3.80. The largest absolute Gasteiger partial charge is 0.423 e. The Morgan fingerprint density at radius 2 is 1.67 bits per heavy atom. The van der Waals surface area contributed by atoms with Crippen molar-refractivity contribution in [2.75, 3.05) is 0 Å². The van der Waals surface area contributed by atoms with Crippen LogP contribution in [-0.4, -0.2) is 11.8 Å². The Kier molecular flexibility index (Phi) is 5.12. The molecule has 108 valence electrons. The van der Waals surface area contributed by atoms with E-state index in [-0.39, 0.29) is 5.78 Å². The molecule has 0 heterocycles. The number of ketones is 1. The Bertz CT molecular complexity index is 675. The summed E-state index contributed by atoms with van der Waals surface area (Å²) in [5.74, 6) is 0.103. The summed E-state index contributed by atoms with van der Waals surface area (Å²) >= 11 is 2.18. The Morgan fingerprint density at radius 3 is 2.24 bits per heavy atom. The van der Waals surface area contributed by atoms with E-state index in [9.17, 15) is 9.59 Å². The molecular formula is C17H15IO3. The van der Waals surface area contributed by atoms with Gasteiger partial charge in [-0.2, -0.15) is 0 Å². The number of hydrogen-bond acceptors (Lipinski definition) is 3. The van der Waals surface area contributed by atoms with E-state index in [1.165, 1.54) is 0 Å². The van der Waals surface area contributed by atoms with Gasteiger partial charge in [0.2, 0.25) is 0 Å². The highest BCUT2D eigenvalue weighted by Crippen LogP contribution is 2.18. The second-order valence-electron chi connectivity index (χ2n) is 4.65. The zero-order valence-electron chi connectivity index (χ0n) is 11.9. The Morgan fingerprint density at radius 1 is 1.05 bits per heavy atom. The maximum atomic E-state index is 12.1. The summed E-state index contributed by atoms with van der Waals surface area (Å²) in [5, 5.41) is 0. The number of Topliss-reactive ketones (excluding diaryl/α,β-unsaturated/α-hetero) is 1. The number of esters is 1. The smallest absolute Gasteiger partial charge is 0.343 e. The van der Waals surface area contributed by atoms with Crippen LogP contribution in [0, 0.1) is 10.5 Å². The second kappa shape index (κ2) is 6.85. The minimum absolute atomic E-state index is 0.0703. The predicted molar refractivity (Wildman–Crippen MR) is 89.9 cm³/mol. The fraction of sp³-hybridized carbons (Fsp3) is 0.176. The molecule has 21 heavy (non-hydrogen) atoms. The lowest BCUT2D eigenvalue weighted by atomic mass is 10.1. The van der Waals surface area contributed by atoms with Crippen LogP contribution in [0.2, 0.25) is 0 Å². The van der Waals surface area contributed by atoms with E-state index in [0.29, 0.717) is 23.3 Å². The van der Waals surface area contributed by atoms with Crippen LogP contribution >= 0.6 is 22.6 Å². The van der Waals surface area contributed by atoms with Gasteiger partial charge in [0.1, 0.15) is 5.75 Å². The van der Waals surface area contributed by atoms with E-state index < -0.39 is 5.97 Å². The summed E-state index contributed by atoms with van der Waals surface area (Å²) in [7, 11) is 0. The zero-order valence-corrected chi connectivity index (χ0v) is 14.0. The molecule has 0 aliphatic heterocycles. The Hall–Kier alpha value is -1.69. The van der Waals surface area contributed by atoms with Crippen molar-refractivity contribution < 1.29 is 14.3 Å². The highest BCUT2D eigenvalue weighted by Gasteiger charge is 2.10. The van der Waals surface area contributed by atoms with Gasteiger partial charge in [-0.25, -0.2) is 4.79 Å². The first kappa shape index (κ1) is 15.7. The average molecular weight is 394 g/mol. The molecule has 0 radical (unpaired) electrons. The fourth-order valence-corrected chi connectivity index (χ4v) is 2.31. The maximum Gasteiger partial charge on any atom is 0.343 e. The number of ether oxygens (including phenoxy) is 1. The summed E-state index contributed by atoms with van der Waals surface area (Å²) in [4.78, 5) is 23.6. The molecule has 0 aliphatic rings. The molecule has 4 heteroatoms. The minimum Gasteiger partial charge on any atom is -0.423 e. The lowest BCUT2D eigenvalue weighted by molar-refractivity contribution is 0.0734. The first-order chi connectivity index (χ1) is 10.0. The first-order valence-electron chi connectivity index (χ1n) is 6.63. The van der Waals surface area contributed by atoms with E-state index in [4.69, 9.17) is 4.74 Å². The van der Waals surface area contributed by atoms with Crippen molar-refractivity contribution in [3.63, 3.8) is 0 Å². The number of benzene rings is 2. The van der Waals surface area contributed by atoms with Crippen LogP contribution in [0.4, 0.5) is 0 Å². The van der Waals surface area contributed by atoms with Gasteiger partial charge >= 0.3 is 5.97 Å². The van der Waals surface area contributed by atoms with Crippen molar-refractivity contribution in [1.29, 1.82) is 0 Å². The van der Waals surface area contributed by atoms with Gasteiger partial charge in [0.05, 0.1) is 5.56 Å². The molecule has 2 aromatic carbocycles. The van der Waals surface area contributed by atoms with Gasteiger partial charge in [-0.3, -0.25) is 4.79 Å². The van der Waals surface area contributed by atoms with E-state index in [2.05, 4.69) is 22.6 Å². The van der Waals surface area contributed by atoms with E-state index >= 15 is 0 Å². The van der Waals surface area contributed by atoms with Crippen molar-refractivity contribution in [2.45, 2.75) is 20.3 Å². The lowest BCUT2D eigenvalue weighted by Gasteiger charge is -2.06. The molecule has 0 fully saturated rings. The molecule has 0 amide bonds. The molecule has 0 spiro atoms. The van der Waals surface area contributed by atoms with Crippen molar-refractivity contribution in [1.82, 2.24) is 0 Å². The summed E-state index contributed by atoms with van der Waals surface area (Å²) in [5.41, 5.74) is 2.26. The van der Waals surface area contributed by atoms with Gasteiger partial charge < -0.3 is 4.74 Å². The highest BCUT2D eigenvalue weighted by atomic mass is 127. The molecular weight excluding hydrogens is 379 g/mol. The van der Waals surface area contributed by atoms with Gasteiger partial charge in [0, 0.05) is 15.6 Å². The number of rotatable bonds is 4. The summed E-state index contributed by atoms with van der Waals surface area (Å²) in [6.07, 6.45) is 0.459. The second-order valence-corrected chi connectivity index (χ2v) is 5.82. The first-order valence-corrected chi connectivity index (χ1v) is 7.70. The van der Waals surface area contributed by atoms with Crippen LogP contribution in [-0.2, 0) is 0 Å². The van der Waals surface area contributed by atoms with Gasteiger partial charge in [-0.1, -0.05) is 13.0 Å². The van der Waals surface area contributed by atoms with Gasteiger partial charge in [0.15, 0.2) is 5.78 Å². The van der Waals surface area contributed by atoms with Crippen LogP contribution in [0.3, 0.4) is 0 Å². The third-order valence-electron chi connectivity index (χ3n) is 3.12. The van der Waals surface area contributed by atoms with Gasteiger partial charge in [0.25, 0.3) is 0 Å². The number of halogens is 1. The molecule has 0 unspecified atom stereocenters. The van der Waals surface area contributed by atoms with Gasteiger partial charge in [-0.15, -0.1) is 0 Å². The van der Waals surface area contributed by atoms with Crippen molar-refractivity contribution >= 4 is 34.3 Å². The SMILES string of the molecule is CCC(=O)c1ccc(OC(=O)c2ccc(C)c(I)c2)cc1. The molecule has 0 bridgehead atoms. The number of hydrogen-bond donors (Lipinski definition) is 0. The van der Waals surface area contributed by atoms with Crippen LogP contribution in [0.25, 0.3) is 0 Å². The standard InChI is InChI=1S/C17H15IO3/c1-3-16(19)12-6-8-14(9-7-12)21-17(20)13-5-4-11(2)15(18)10-13/h4-10H,3H2,1-2H3. The quantitative estimate of drug-likeness (QED) is 0.334. The van der Waals surface area contributed by atoms with Crippen molar-refractivity contribution in [3.8, 4) is 5.75 Å². The molecule has 0 aromatic heterocycles. The molecule has 0 N–H and O–H groups in total. The van der Waals surface area contributed by atoms with Crippen LogP contribution in [0.15, 0.2) is 42.5 Å². The third kappa shape index (κ3) is 3.91. The van der Waals surface area contributed by atoms with Crippen LogP contribution in [0.1, 0.15) is 39.6 Å². The topological polar surface area (TPSA) is 43.4 Å². The number of carbonyl (C=O) groups excluding carboxylic acids is 2. The molecule has 0 atom stereocenters. The molecule has 2 aromatic rings. The fourth-order valence-electron chi connectivity index (χ4n) is 1.80. The zero-order chi connectivity index (χ0) is 15.4. The Labute approximate surface area is 137 Å². The summed E-state index contributed by atoms with van der Waals surface area (Å²) < 4.78 is 6.33. The predicted octanol–water partition coefficient (Wildman–Crippen LogP) is 4.41. The molecule has 3 nitrogen and oxygen atoms in total. The summed E-state index contributed by atoms with van der Waals surface area (Å²) in [6, 6.07) is 12.1. The third-order valence-corrected chi connectivity index (χ3v) is 4.28. The molecule has 2 rings (SSSR count). The Balaban J connectivity index is 2.12. The maximum absolute atomic E-state index is 12.1. The molecule has 0 saturated heterocycles.